The summed E-state index contributed by atoms with van der Waals surface area (Å²) in [5, 5.41) is 6.10. The highest BCUT2D eigenvalue weighted by Crippen LogP contribution is 2.48. The van der Waals surface area contributed by atoms with Crippen LogP contribution < -0.4 is 10.6 Å². The molecule has 5 heteroatoms. The third-order valence-electron chi connectivity index (χ3n) is 4.74. The van der Waals surface area contributed by atoms with Gasteiger partial charge in [0.05, 0.1) is 12.1 Å². The van der Waals surface area contributed by atoms with Crippen LogP contribution in [0, 0.1) is 5.41 Å². The Balaban J connectivity index is 1.69. The first-order valence-corrected chi connectivity index (χ1v) is 7.75. The highest BCUT2D eigenvalue weighted by molar-refractivity contribution is 5.74. The zero-order chi connectivity index (χ0) is 14.4. The van der Waals surface area contributed by atoms with Crippen molar-refractivity contribution in [2.75, 3.05) is 27.4 Å². The van der Waals surface area contributed by atoms with Gasteiger partial charge < -0.3 is 20.1 Å². The van der Waals surface area contributed by atoms with Gasteiger partial charge in [0.2, 0.25) is 0 Å². The lowest BCUT2D eigenvalue weighted by Crippen LogP contribution is -2.50. The molecule has 2 fully saturated rings. The predicted octanol–water partition coefficient (Wildman–Crippen LogP) is 2.06. The molecule has 0 heterocycles. The van der Waals surface area contributed by atoms with Gasteiger partial charge in [-0.15, -0.1) is 0 Å². The first-order chi connectivity index (χ1) is 9.69. The van der Waals surface area contributed by atoms with Crippen molar-refractivity contribution in [2.45, 2.75) is 57.1 Å². The molecule has 0 spiro atoms. The van der Waals surface area contributed by atoms with Crippen molar-refractivity contribution in [1.82, 2.24) is 10.6 Å². The maximum atomic E-state index is 12.0. The second-order valence-electron chi connectivity index (χ2n) is 6.23. The number of urea groups is 1. The maximum absolute atomic E-state index is 12.0. The van der Waals surface area contributed by atoms with E-state index in [4.69, 9.17) is 9.47 Å². The van der Waals surface area contributed by atoms with Crippen LogP contribution in [0.3, 0.4) is 0 Å². The van der Waals surface area contributed by atoms with Crippen LogP contribution in [0.2, 0.25) is 0 Å². The van der Waals surface area contributed by atoms with Crippen molar-refractivity contribution in [3.8, 4) is 0 Å². The van der Waals surface area contributed by atoms with Crippen LogP contribution in [0.4, 0.5) is 4.79 Å². The van der Waals surface area contributed by atoms with Crippen LogP contribution in [0.15, 0.2) is 0 Å². The summed E-state index contributed by atoms with van der Waals surface area (Å²) in [6, 6.07) is 0.102. The number of hydrogen-bond acceptors (Lipinski definition) is 3. The highest BCUT2D eigenvalue weighted by atomic mass is 16.5. The van der Waals surface area contributed by atoms with Crippen LogP contribution >= 0.6 is 0 Å². The van der Waals surface area contributed by atoms with Crippen molar-refractivity contribution in [2.24, 2.45) is 5.41 Å². The summed E-state index contributed by atoms with van der Waals surface area (Å²) < 4.78 is 10.6. The normalized spacial score (nSPS) is 27.9. The molecule has 2 saturated carbocycles. The fraction of sp³-hybridized carbons (Fsp3) is 0.933. The average molecular weight is 284 g/mol. The Kier molecular flexibility index (Phi) is 5.66. The van der Waals surface area contributed by atoms with Crippen LogP contribution in [-0.2, 0) is 9.47 Å². The number of carbonyl (C=O) groups is 1. The van der Waals surface area contributed by atoms with E-state index in [0.717, 1.165) is 32.4 Å². The number of rotatable bonds is 7. The van der Waals surface area contributed by atoms with Crippen LogP contribution in [-0.4, -0.2) is 45.5 Å². The smallest absolute Gasteiger partial charge is 0.315 e. The number of nitrogens with one attached hydrogen (secondary N) is 2. The average Bonchev–Trinajstić information content (AvgIpc) is 3.24. The van der Waals surface area contributed by atoms with E-state index in [2.05, 4.69) is 10.6 Å². The summed E-state index contributed by atoms with van der Waals surface area (Å²) in [7, 11) is 3.46. The highest BCUT2D eigenvalue weighted by Gasteiger charge is 2.42. The summed E-state index contributed by atoms with van der Waals surface area (Å²) in [5.74, 6) is 0. The van der Waals surface area contributed by atoms with Gasteiger partial charge in [-0.3, -0.25) is 0 Å². The van der Waals surface area contributed by atoms with E-state index in [1.54, 1.807) is 14.2 Å². The van der Waals surface area contributed by atoms with Crippen LogP contribution in [0.25, 0.3) is 0 Å². The van der Waals surface area contributed by atoms with Gasteiger partial charge in [-0.25, -0.2) is 4.79 Å². The van der Waals surface area contributed by atoms with Gasteiger partial charge in [0, 0.05) is 27.4 Å². The molecular formula is C15H28N2O3. The Hall–Kier alpha value is -0.810. The monoisotopic (exact) mass is 284 g/mol. The third kappa shape index (κ3) is 4.35. The summed E-state index contributed by atoms with van der Waals surface area (Å²) in [5.41, 5.74) is 0.292. The lowest BCUT2D eigenvalue weighted by Gasteiger charge is -2.31. The molecule has 0 aromatic rings. The Morgan fingerprint density at radius 2 is 2.00 bits per heavy atom. The van der Waals surface area contributed by atoms with Crippen LogP contribution in [0.1, 0.15) is 44.9 Å². The van der Waals surface area contributed by atoms with Crippen molar-refractivity contribution in [1.29, 1.82) is 0 Å². The SMILES string of the molecule is COCCC1(CNC(=O)N[C@H]2CCCC[C@@H]2OC)CC1. The first-order valence-electron chi connectivity index (χ1n) is 7.75. The molecule has 0 bridgehead atoms. The number of carbonyl (C=O) groups excluding carboxylic acids is 1. The van der Waals surface area contributed by atoms with E-state index in [1.165, 1.54) is 25.7 Å². The molecule has 20 heavy (non-hydrogen) atoms. The van der Waals surface area contributed by atoms with Crippen LogP contribution in [0.5, 0.6) is 0 Å². The quantitative estimate of drug-likeness (QED) is 0.752. The van der Waals surface area contributed by atoms with Crippen molar-refractivity contribution in [3.05, 3.63) is 0 Å². The standard InChI is InChI=1S/C15H28N2O3/c1-19-10-9-15(7-8-15)11-16-14(18)17-12-5-3-4-6-13(12)20-2/h12-13H,3-11H2,1-2H3,(H2,16,17,18)/t12-,13-/m0/s1. The zero-order valence-corrected chi connectivity index (χ0v) is 12.7. The van der Waals surface area contributed by atoms with E-state index in [0.29, 0.717) is 5.41 Å². The Labute approximate surface area is 121 Å². The number of hydrogen-bond donors (Lipinski definition) is 2. The summed E-state index contributed by atoms with van der Waals surface area (Å²) >= 11 is 0. The molecule has 5 nitrogen and oxygen atoms in total. The second-order valence-corrected chi connectivity index (χ2v) is 6.23. The summed E-state index contributed by atoms with van der Waals surface area (Å²) in [4.78, 5) is 12.0. The number of amides is 2. The van der Waals surface area contributed by atoms with Crippen molar-refractivity contribution < 1.29 is 14.3 Å². The first kappa shape index (κ1) is 15.6. The number of methoxy groups -OCH3 is 2. The minimum atomic E-state index is -0.0531. The van der Waals surface area contributed by atoms with Gasteiger partial charge in [0.25, 0.3) is 0 Å². The van der Waals surface area contributed by atoms with Gasteiger partial charge in [0.1, 0.15) is 0 Å². The molecule has 0 radical (unpaired) electrons. The largest absolute Gasteiger partial charge is 0.385 e. The molecule has 2 aliphatic rings. The van der Waals surface area contributed by atoms with E-state index in [9.17, 15) is 4.79 Å². The molecule has 0 unspecified atom stereocenters. The Morgan fingerprint density at radius 1 is 1.25 bits per heavy atom. The molecular weight excluding hydrogens is 256 g/mol. The molecule has 116 valence electrons. The Bertz CT molecular complexity index is 318. The third-order valence-corrected chi connectivity index (χ3v) is 4.74. The van der Waals surface area contributed by atoms with Crippen molar-refractivity contribution >= 4 is 6.03 Å². The lowest BCUT2D eigenvalue weighted by atomic mass is 9.92. The summed E-state index contributed by atoms with van der Waals surface area (Å²) in [6.07, 6.45) is 8.01. The van der Waals surface area contributed by atoms with E-state index < -0.39 is 0 Å². The Morgan fingerprint density at radius 3 is 2.65 bits per heavy atom. The topological polar surface area (TPSA) is 59.6 Å². The zero-order valence-electron chi connectivity index (χ0n) is 12.7. The van der Waals surface area contributed by atoms with Crippen molar-refractivity contribution in [3.63, 3.8) is 0 Å². The lowest BCUT2D eigenvalue weighted by molar-refractivity contribution is 0.0451. The molecule has 0 aromatic heterocycles. The molecule has 0 aromatic carbocycles. The second kappa shape index (κ2) is 7.27. The molecule has 2 atom stereocenters. The van der Waals surface area contributed by atoms with E-state index in [1.807, 2.05) is 0 Å². The number of ether oxygens (including phenoxy) is 2. The molecule has 2 rings (SSSR count). The summed E-state index contributed by atoms with van der Waals surface area (Å²) in [6.45, 7) is 1.53. The minimum Gasteiger partial charge on any atom is -0.385 e. The fourth-order valence-corrected chi connectivity index (χ4v) is 3.04. The molecule has 0 saturated heterocycles. The fourth-order valence-electron chi connectivity index (χ4n) is 3.04. The van der Waals surface area contributed by atoms with Gasteiger partial charge in [0.15, 0.2) is 0 Å². The van der Waals surface area contributed by atoms with Gasteiger partial charge in [-0.1, -0.05) is 12.8 Å². The maximum Gasteiger partial charge on any atom is 0.315 e. The molecule has 2 N–H and O–H groups in total. The minimum absolute atomic E-state index is 0.0531. The van der Waals surface area contributed by atoms with Gasteiger partial charge in [-0.05, 0) is 37.5 Å². The van der Waals surface area contributed by atoms with Gasteiger partial charge in [-0.2, -0.15) is 0 Å². The predicted molar refractivity (Wildman–Crippen MR) is 77.7 cm³/mol. The van der Waals surface area contributed by atoms with E-state index >= 15 is 0 Å². The molecule has 0 aliphatic heterocycles. The van der Waals surface area contributed by atoms with E-state index in [-0.39, 0.29) is 18.2 Å². The molecule has 2 aliphatic carbocycles. The van der Waals surface area contributed by atoms with Gasteiger partial charge >= 0.3 is 6.03 Å². The molecule has 2 amide bonds.